The van der Waals surface area contributed by atoms with Gasteiger partial charge in [0.25, 0.3) is 0 Å². The number of hydrogen-bond acceptors (Lipinski definition) is 3. The summed E-state index contributed by atoms with van der Waals surface area (Å²) in [6.45, 7) is 2.33. The molecular formula is C20H28N2O3. The van der Waals surface area contributed by atoms with Gasteiger partial charge in [-0.05, 0) is 62.3 Å². The highest BCUT2D eigenvalue weighted by Crippen LogP contribution is 2.29. The summed E-state index contributed by atoms with van der Waals surface area (Å²) < 4.78 is 11.4. The van der Waals surface area contributed by atoms with Gasteiger partial charge in [-0.3, -0.25) is 0 Å². The molecule has 1 atom stereocenters. The van der Waals surface area contributed by atoms with E-state index in [9.17, 15) is 4.79 Å². The smallest absolute Gasteiger partial charge is 0.322 e. The highest BCUT2D eigenvalue weighted by molar-refractivity contribution is 5.89. The lowest BCUT2D eigenvalue weighted by atomic mass is 10.1. The molecule has 5 heteroatoms. The number of hydrogen-bond donors (Lipinski definition) is 1. The standard InChI is InChI=1S/C20H28N2O3/c23-20(21-16-9-10-19-15(13-16)5-3-12-25-19)22(17-6-1-2-7-17)14-18-8-4-11-24-18/h9-10,13,17-18H,1-8,11-12,14H2,(H,21,23)/t18-/m1/s1. The lowest BCUT2D eigenvalue weighted by molar-refractivity contribution is 0.0729. The van der Waals surface area contributed by atoms with E-state index in [1.807, 2.05) is 17.0 Å². The molecule has 1 aromatic carbocycles. The average Bonchev–Trinajstić information content (AvgIpc) is 3.33. The van der Waals surface area contributed by atoms with Crippen molar-refractivity contribution >= 4 is 11.7 Å². The van der Waals surface area contributed by atoms with Crippen LogP contribution in [0, 0.1) is 0 Å². The second kappa shape index (κ2) is 7.65. The normalized spacial score (nSPS) is 23.1. The Balaban J connectivity index is 1.45. The summed E-state index contributed by atoms with van der Waals surface area (Å²) in [7, 11) is 0. The number of urea groups is 1. The summed E-state index contributed by atoms with van der Waals surface area (Å²) >= 11 is 0. The number of ether oxygens (including phenoxy) is 2. The molecular weight excluding hydrogens is 316 g/mol. The zero-order chi connectivity index (χ0) is 17.1. The topological polar surface area (TPSA) is 50.8 Å². The van der Waals surface area contributed by atoms with Crippen molar-refractivity contribution in [3.8, 4) is 5.75 Å². The first kappa shape index (κ1) is 16.7. The van der Waals surface area contributed by atoms with E-state index < -0.39 is 0 Å². The molecule has 25 heavy (non-hydrogen) atoms. The molecule has 1 saturated heterocycles. The van der Waals surface area contributed by atoms with Crippen LogP contribution in [0.5, 0.6) is 5.75 Å². The van der Waals surface area contributed by atoms with E-state index in [1.54, 1.807) is 0 Å². The van der Waals surface area contributed by atoms with Crippen LogP contribution in [0.1, 0.15) is 50.5 Å². The van der Waals surface area contributed by atoms with Crippen LogP contribution in [-0.2, 0) is 11.2 Å². The predicted octanol–water partition coefficient (Wildman–Crippen LogP) is 3.97. The van der Waals surface area contributed by atoms with Crippen LogP contribution in [-0.4, -0.2) is 42.8 Å². The van der Waals surface area contributed by atoms with Crippen molar-refractivity contribution in [2.24, 2.45) is 0 Å². The zero-order valence-electron chi connectivity index (χ0n) is 14.8. The van der Waals surface area contributed by atoms with Gasteiger partial charge in [0.2, 0.25) is 0 Å². The highest BCUT2D eigenvalue weighted by Gasteiger charge is 2.30. The SMILES string of the molecule is O=C(Nc1ccc2c(c1)CCCO2)N(C[C@H]1CCCO1)C1CCCC1. The number of carbonyl (C=O) groups is 1. The van der Waals surface area contributed by atoms with Crippen molar-refractivity contribution in [3.05, 3.63) is 23.8 Å². The summed E-state index contributed by atoms with van der Waals surface area (Å²) in [5.74, 6) is 0.955. The Morgan fingerprint density at radius 1 is 1.12 bits per heavy atom. The fraction of sp³-hybridized carbons (Fsp3) is 0.650. The lowest BCUT2D eigenvalue weighted by Gasteiger charge is -2.31. The fourth-order valence-electron chi connectivity index (χ4n) is 4.25. The second-order valence-electron chi connectivity index (χ2n) is 7.43. The molecule has 0 bridgehead atoms. The Labute approximate surface area is 149 Å². The van der Waals surface area contributed by atoms with E-state index in [2.05, 4.69) is 11.4 Å². The molecule has 0 unspecified atom stereocenters. The maximum atomic E-state index is 13.0. The Morgan fingerprint density at radius 2 is 2.00 bits per heavy atom. The summed E-state index contributed by atoms with van der Waals surface area (Å²) in [4.78, 5) is 15.0. The number of rotatable bonds is 4. The Hall–Kier alpha value is -1.75. The number of aryl methyl sites for hydroxylation is 1. The van der Waals surface area contributed by atoms with Crippen molar-refractivity contribution in [2.45, 2.75) is 63.5 Å². The first-order chi connectivity index (χ1) is 12.3. The van der Waals surface area contributed by atoms with Gasteiger partial charge in [0.1, 0.15) is 5.75 Å². The molecule has 0 radical (unpaired) electrons. The predicted molar refractivity (Wildman–Crippen MR) is 97.2 cm³/mol. The maximum absolute atomic E-state index is 13.0. The van der Waals surface area contributed by atoms with Crippen molar-refractivity contribution < 1.29 is 14.3 Å². The third-order valence-corrected chi connectivity index (χ3v) is 5.61. The van der Waals surface area contributed by atoms with E-state index in [-0.39, 0.29) is 12.1 Å². The van der Waals surface area contributed by atoms with Gasteiger partial charge in [-0.1, -0.05) is 12.8 Å². The minimum absolute atomic E-state index is 0.0130. The Kier molecular flexibility index (Phi) is 5.11. The molecule has 2 heterocycles. The van der Waals surface area contributed by atoms with E-state index >= 15 is 0 Å². The van der Waals surface area contributed by atoms with Gasteiger partial charge in [-0.25, -0.2) is 4.79 Å². The van der Waals surface area contributed by atoms with E-state index in [1.165, 1.54) is 18.4 Å². The highest BCUT2D eigenvalue weighted by atomic mass is 16.5. The van der Waals surface area contributed by atoms with E-state index in [0.717, 1.165) is 63.2 Å². The number of nitrogens with one attached hydrogen (secondary N) is 1. The van der Waals surface area contributed by atoms with Gasteiger partial charge in [-0.15, -0.1) is 0 Å². The molecule has 1 aromatic rings. The molecule has 2 amide bonds. The molecule has 3 aliphatic rings. The van der Waals surface area contributed by atoms with Crippen LogP contribution in [0.4, 0.5) is 10.5 Å². The summed E-state index contributed by atoms with van der Waals surface area (Å²) in [6, 6.07) is 6.35. The van der Waals surface area contributed by atoms with Crippen LogP contribution in [0.15, 0.2) is 18.2 Å². The van der Waals surface area contributed by atoms with Crippen molar-refractivity contribution in [2.75, 3.05) is 25.1 Å². The van der Waals surface area contributed by atoms with Crippen molar-refractivity contribution in [3.63, 3.8) is 0 Å². The average molecular weight is 344 g/mol. The molecule has 1 saturated carbocycles. The molecule has 0 spiro atoms. The van der Waals surface area contributed by atoms with Crippen molar-refractivity contribution in [1.29, 1.82) is 0 Å². The number of benzene rings is 1. The van der Waals surface area contributed by atoms with E-state index in [0.29, 0.717) is 12.6 Å². The fourth-order valence-corrected chi connectivity index (χ4v) is 4.25. The molecule has 1 N–H and O–H groups in total. The molecule has 4 rings (SSSR count). The van der Waals surface area contributed by atoms with Crippen LogP contribution in [0.25, 0.3) is 0 Å². The Morgan fingerprint density at radius 3 is 2.80 bits per heavy atom. The molecule has 1 aliphatic carbocycles. The van der Waals surface area contributed by atoms with Gasteiger partial charge in [0.15, 0.2) is 0 Å². The minimum atomic E-state index is 0.0130. The van der Waals surface area contributed by atoms with Gasteiger partial charge in [-0.2, -0.15) is 0 Å². The number of nitrogens with zero attached hydrogens (tertiary/aromatic N) is 1. The monoisotopic (exact) mass is 344 g/mol. The first-order valence-electron chi connectivity index (χ1n) is 9.74. The van der Waals surface area contributed by atoms with Gasteiger partial charge >= 0.3 is 6.03 Å². The van der Waals surface area contributed by atoms with E-state index in [4.69, 9.17) is 9.47 Å². The number of anilines is 1. The summed E-state index contributed by atoms with van der Waals surface area (Å²) in [5.41, 5.74) is 2.06. The summed E-state index contributed by atoms with van der Waals surface area (Å²) in [6.07, 6.45) is 9.08. The van der Waals surface area contributed by atoms with Gasteiger partial charge in [0, 0.05) is 24.9 Å². The van der Waals surface area contributed by atoms with Crippen LogP contribution < -0.4 is 10.1 Å². The second-order valence-corrected chi connectivity index (χ2v) is 7.43. The summed E-state index contributed by atoms with van der Waals surface area (Å²) in [5, 5.41) is 3.12. The van der Waals surface area contributed by atoms with Gasteiger partial charge < -0.3 is 19.7 Å². The third-order valence-electron chi connectivity index (χ3n) is 5.61. The maximum Gasteiger partial charge on any atom is 0.322 e. The molecule has 0 aromatic heterocycles. The molecule has 2 fully saturated rings. The number of carbonyl (C=O) groups excluding carboxylic acids is 1. The minimum Gasteiger partial charge on any atom is -0.493 e. The molecule has 136 valence electrons. The lowest BCUT2D eigenvalue weighted by Crippen LogP contribution is -2.45. The number of fused-ring (bicyclic) bond motifs is 1. The first-order valence-corrected chi connectivity index (χ1v) is 9.74. The Bertz CT molecular complexity index is 607. The van der Waals surface area contributed by atoms with Crippen LogP contribution in [0.3, 0.4) is 0 Å². The third kappa shape index (κ3) is 3.92. The van der Waals surface area contributed by atoms with Crippen molar-refractivity contribution in [1.82, 2.24) is 4.90 Å². The quantitative estimate of drug-likeness (QED) is 0.899. The van der Waals surface area contributed by atoms with Crippen LogP contribution in [0.2, 0.25) is 0 Å². The molecule has 2 aliphatic heterocycles. The largest absolute Gasteiger partial charge is 0.493 e. The van der Waals surface area contributed by atoms with Gasteiger partial charge in [0.05, 0.1) is 12.7 Å². The number of amides is 2. The molecule has 5 nitrogen and oxygen atoms in total. The zero-order valence-corrected chi connectivity index (χ0v) is 14.8. The van der Waals surface area contributed by atoms with Crippen LogP contribution >= 0.6 is 0 Å².